The van der Waals surface area contributed by atoms with E-state index in [1.165, 1.54) is 6.08 Å². The topological polar surface area (TPSA) is 37.3 Å². The number of carboxylic acids is 1. The molecular weight excluding hydrogens is 181 g/mol. The molecule has 0 heterocycles. The number of hydrogen-bond acceptors (Lipinski definition) is 1. The number of allylic oxidation sites excluding steroid dienone is 1. The third kappa shape index (κ3) is 10.5. The molecule has 0 aliphatic rings. The van der Waals surface area contributed by atoms with Gasteiger partial charge in [0.15, 0.2) is 0 Å². The average Bonchev–Trinajstić information content (AvgIpc) is 1.88. The van der Waals surface area contributed by atoms with Gasteiger partial charge in [0.1, 0.15) is 0 Å². The van der Waals surface area contributed by atoms with Gasteiger partial charge in [0.2, 0.25) is 0 Å². The van der Waals surface area contributed by atoms with Crippen LogP contribution in [0.2, 0.25) is 0 Å². The quantitative estimate of drug-likeness (QED) is 0.504. The predicted octanol–water partition coefficient (Wildman–Crippen LogP) is 1.52. The van der Waals surface area contributed by atoms with Crippen LogP contribution in [0.25, 0.3) is 0 Å². The van der Waals surface area contributed by atoms with Crippen molar-refractivity contribution in [1.29, 1.82) is 0 Å². The second kappa shape index (κ2) is 8.57. The van der Waals surface area contributed by atoms with E-state index in [0.717, 1.165) is 18.3 Å². The Morgan fingerprint density at radius 1 is 1.70 bits per heavy atom. The fraction of sp³-hybridized carbons (Fsp3) is 0.286. The number of aliphatic carboxylic acids is 1. The minimum absolute atomic E-state index is 0.444. The Morgan fingerprint density at radius 3 is 2.00 bits per heavy atom. The van der Waals surface area contributed by atoms with Gasteiger partial charge in [0.25, 0.3) is 0 Å². The third-order valence-corrected chi connectivity index (χ3v) is 1.93. The van der Waals surface area contributed by atoms with Gasteiger partial charge in [-0.1, -0.05) is 12.7 Å². The van der Waals surface area contributed by atoms with E-state index in [0.29, 0.717) is 5.57 Å². The van der Waals surface area contributed by atoms with Crippen molar-refractivity contribution in [3.63, 3.8) is 0 Å². The van der Waals surface area contributed by atoms with Crippen LogP contribution in [0.4, 0.5) is 0 Å². The van der Waals surface area contributed by atoms with Crippen LogP contribution in [0.15, 0.2) is 16.3 Å². The van der Waals surface area contributed by atoms with Gasteiger partial charge in [-0.15, -0.1) is 0 Å². The summed E-state index contributed by atoms with van der Waals surface area (Å²) in [6, 6.07) is 0. The van der Waals surface area contributed by atoms with Gasteiger partial charge in [-0.3, -0.25) is 0 Å². The van der Waals surface area contributed by atoms with Gasteiger partial charge in [-0.2, -0.15) is 0 Å². The van der Waals surface area contributed by atoms with E-state index in [2.05, 4.69) is 0 Å². The number of carboxylic acid groups (broad SMARTS) is 1. The molecule has 10 heavy (non-hydrogen) atoms. The van der Waals surface area contributed by atoms with Crippen molar-refractivity contribution in [1.82, 2.24) is 0 Å². The largest absolute Gasteiger partial charge is 0.0877 e. The van der Waals surface area contributed by atoms with E-state index >= 15 is 0 Å². The summed E-state index contributed by atoms with van der Waals surface area (Å²) in [5, 5.41) is 8.13. The summed E-state index contributed by atoms with van der Waals surface area (Å²) in [6.07, 6.45) is 1.50. The predicted molar refractivity (Wildman–Crippen MR) is 35.9 cm³/mol. The summed E-state index contributed by atoms with van der Waals surface area (Å²) >= 11 is 0.915. The molecule has 1 N–H and O–H groups in total. The van der Waals surface area contributed by atoms with Crippen LogP contribution in [0, 0.1) is 6.58 Å². The molecule has 0 aromatic carbocycles. The zero-order valence-corrected chi connectivity index (χ0v) is 9.26. The first-order valence-corrected chi connectivity index (χ1v) is 4.50. The monoisotopic (exact) mass is 190 g/mol. The van der Waals surface area contributed by atoms with Crippen molar-refractivity contribution >= 4 is 5.97 Å². The van der Waals surface area contributed by atoms with Crippen molar-refractivity contribution in [3.05, 3.63) is 22.9 Å². The fourth-order valence-electron chi connectivity index (χ4n) is 0.0873. The number of carbonyl (C=O) groups is 1. The van der Waals surface area contributed by atoms with E-state index in [9.17, 15) is 4.79 Å². The molecule has 3 heteroatoms. The van der Waals surface area contributed by atoms with Crippen LogP contribution in [0.3, 0.4) is 0 Å². The van der Waals surface area contributed by atoms with Crippen molar-refractivity contribution in [2.45, 2.75) is 13.8 Å². The van der Waals surface area contributed by atoms with E-state index in [4.69, 9.17) is 11.7 Å². The molecule has 52 valence electrons. The Balaban J connectivity index is 0. The maximum absolute atomic E-state index is 9.88. The zero-order chi connectivity index (χ0) is 8.57. The molecular formula is C7H10O2Zn. The molecule has 0 spiro atoms. The average molecular weight is 192 g/mol. The smallest absolute Gasteiger partial charge is 0.0467 e. The molecule has 0 saturated heterocycles. The first kappa shape index (κ1) is 12.3. The van der Waals surface area contributed by atoms with E-state index in [-0.39, 0.29) is 0 Å². The number of rotatable bonds is 1. The molecule has 0 fully saturated rings. The Kier molecular flexibility index (Phi) is 10.5. The Morgan fingerprint density at radius 2 is 2.00 bits per heavy atom. The molecule has 0 aliphatic heterocycles. The van der Waals surface area contributed by atoms with Crippen LogP contribution in [0.1, 0.15) is 13.8 Å². The second-order valence-corrected chi connectivity index (χ2v) is 2.38. The molecule has 2 nitrogen and oxygen atoms in total. The van der Waals surface area contributed by atoms with Gasteiger partial charge >= 0.3 is 51.3 Å². The van der Waals surface area contributed by atoms with E-state index in [1.54, 1.807) is 18.5 Å². The summed E-state index contributed by atoms with van der Waals surface area (Å²) in [7, 11) is 0. The van der Waals surface area contributed by atoms with Gasteiger partial charge in [0.05, 0.1) is 0 Å². The zero-order valence-electron chi connectivity index (χ0n) is 6.29. The minimum Gasteiger partial charge on any atom is -0.0877 e. The molecule has 0 unspecified atom stereocenters. The molecule has 0 rings (SSSR count). The van der Waals surface area contributed by atoms with Crippen molar-refractivity contribution in [2.24, 2.45) is 0 Å². The van der Waals surface area contributed by atoms with Crippen LogP contribution in [-0.2, 0) is 23.1 Å². The minimum atomic E-state index is -0.814. The standard InChI is InChI=1S/C4H5O2.C3H5.Zn/c1-3(2)4(5)6;1-3-2;/h1H,2H3,(H,5,6);1,3H,2H3;. The van der Waals surface area contributed by atoms with Gasteiger partial charge in [-0.05, 0) is 6.92 Å². The summed E-state index contributed by atoms with van der Waals surface area (Å²) in [6.45, 7) is 8.09. The molecule has 0 aliphatic carbocycles. The SMILES string of the molecule is CC(=[CH][Zn])C(=O)O.[CH]=CC. The van der Waals surface area contributed by atoms with Crippen LogP contribution in [0.5, 0.6) is 0 Å². The second-order valence-electron chi connectivity index (χ2n) is 1.53. The fourth-order valence-corrected chi connectivity index (χ4v) is 0.454. The van der Waals surface area contributed by atoms with Gasteiger partial charge in [-0.25, -0.2) is 0 Å². The van der Waals surface area contributed by atoms with Crippen molar-refractivity contribution in [3.8, 4) is 0 Å². The van der Waals surface area contributed by atoms with Crippen LogP contribution >= 0.6 is 0 Å². The molecule has 0 aromatic rings. The maximum atomic E-state index is 9.88. The van der Waals surface area contributed by atoms with E-state index in [1.807, 2.05) is 0 Å². The van der Waals surface area contributed by atoms with Gasteiger partial charge in [0, 0.05) is 0 Å². The van der Waals surface area contributed by atoms with Gasteiger partial charge < -0.3 is 0 Å². The molecule has 0 aromatic heterocycles. The molecule has 0 atom stereocenters. The Bertz CT molecular complexity index is 139. The number of hydrogen-bond donors (Lipinski definition) is 1. The third-order valence-electron chi connectivity index (χ3n) is 0.644. The molecule has 1 radical (unpaired) electrons. The van der Waals surface area contributed by atoms with E-state index < -0.39 is 5.97 Å². The normalized spacial score (nSPS) is 9.40. The van der Waals surface area contributed by atoms with Crippen molar-refractivity contribution < 1.29 is 28.2 Å². The summed E-state index contributed by atoms with van der Waals surface area (Å²) in [5.41, 5.74) is 0.444. The summed E-state index contributed by atoms with van der Waals surface area (Å²) in [5.74, 6) is -0.814. The first-order valence-electron chi connectivity index (χ1n) is 2.79. The molecule has 0 amide bonds. The van der Waals surface area contributed by atoms with Crippen molar-refractivity contribution in [2.75, 3.05) is 0 Å². The maximum Gasteiger partial charge on any atom is -0.0467 e. The Hall–Kier alpha value is -0.427. The van der Waals surface area contributed by atoms with Crippen LogP contribution < -0.4 is 0 Å². The first-order chi connectivity index (χ1) is 4.59. The molecule has 0 saturated carbocycles. The summed E-state index contributed by atoms with van der Waals surface area (Å²) in [4.78, 5) is 9.88. The Labute approximate surface area is 71.3 Å². The summed E-state index contributed by atoms with van der Waals surface area (Å²) < 4.78 is 1.68. The molecule has 0 bridgehead atoms. The van der Waals surface area contributed by atoms with Crippen LogP contribution in [-0.4, -0.2) is 11.1 Å².